The number of halogens is 2. The van der Waals surface area contributed by atoms with Crippen LogP contribution in [0.5, 0.6) is 0 Å². The van der Waals surface area contributed by atoms with E-state index in [9.17, 15) is 9.59 Å². The third-order valence-electron chi connectivity index (χ3n) is 2.49. The Hall–Kier alpha value is -1.74. The van der Waals surface area contributed by atoms with E-state index < -0.39 is 5.97 Å². The predicted octanol–water partition coefficient (Wildman–Crippen LogP) is 1.82. The zero-order valence-electron chi connectivity index (χ0n) is 10.6. The third-order valence-corrected chi connectivity index (χ3v) is 3.67. The van der Waals surface area contributed by atoms with Crippen LogP contribution in [0, 0.1) is 0 Å². The first kappa shape index (κ1) is 15.6. The first-order valence-corrected chi connectivity index (χ1v) is 7.38. The molecule has 0 saturated carbocycles. The molecule has 2 rings (SSSR count). The normalized spacial score (nSPS) is 10.4. The van der Waals surface area contributed by atoms with Gasteiger partial charge in [-0.25, -0.2) is 4.68 Å². The molecule has 2 N–H and O–H groups in total. The number of hydrogen-bond acceptors (Lipinski definition) is 4. The second kappa shape index (κ2) is 6.81. The maximum absolute atomic E-state index is 12.1. The van der Waals surface area contributed by atoms with Crippen LogP contribution < -0.4 is 5.32 Å². The fourth-order valence-electron chi connectivity index (χ4n) is 1.57. The Labute approximate surface area is 136 Å². The van der Waals surface area contributed by atoms with Crippen LogP contribution >= 0.6 is 31.9 Å². The number of hydrogen-bond donors (Lipinski definition) is 2. The molecule has 2 aromatic rings. The summed E-state index contributed by atoms with van der Waals surface area (Å²) in [6.45, 7) is -0.102. The van der Waals surface area contributed by atoms with Crippen LogP contribution in [0.3, 0.4) is 0 Å². The van der Waals surface area contributed by atoms with Crippen molar-refractivity contribution < 1.29 is 14.7 Å². The monoisotopic (exact) mass is 416 g/mol. The Kier molecular flexibility index (Phi) is 5.07. The van der Waals surface area contributed by atoms with Crippen molar-refractivity contribution in [1.82, 2.24) is 20.3 Å². The maximum atomic E-state index is 12.1. The smallest absolute Gasteiger partial charge is 0.325 e. The summed E-state index contributed by atoms with van der Waals surface area (Å²) < 4.78 is 2.67. The number of carbonyl (C=O) groups excluding carboxylic acids is 1. The Morgan fingerprint density at radius 3 is 2.81 bits per heavy atom. The lowest BCUT2D eigenvalue weighted by molar-refractivity contribution is -0.137. The average molecular weight is 418 g/mol. The molecule has 21 heavy (non-hydrogen) atoms. The Morgan fingerprint density at radius 1 is 1.33 bits per heavy atom. The first-order valence-electron chi connectivity index (χ1n) is 5.80. The highest BCUT2D eigenvalue weighted by Gasteiger charge is 2.11. The van der Waals surface area contributed by atoms with Crippen molar-refractivity contribution >= 4 is 43.7 Å². The number of aromatic nitrogens is 3. The molecule has 1 aromatic heterocycles. The minimum absolute atomic E-state index is 0.164. The summed E-state index contributed by atoms with van der Waals surface area (Å²) in [5.41, 5.74) is 0.970. The van der Waals surface area contributed by atoms with Gasteiger partial charge in [-0.15, -0.1) is 5.10 Å². The number of aliphatic carboxylic acids is 1. The fraction of sp³-hybridized carbons (Fsp3) is 0.167. The number of benzene rings is 1. The molecule has 0 unspecified atom stereocenters. The summed E-state index contributed by atoms with van der Waals surface area (Å²) in [6, 6.07) is 5.28. The highest BCUT2D eigenvalue weighted by molar-refractivity contribution is 9.11. The van der Waals surface area contributed by atoms with E-state index >= 15 is 0 Å². The lowest BCUT2D eigenvalue weighted by Crippen LogP contribution is -2.23. The molecule has 0 fully saturated rings. The van der Waals surface area contributed by atoms with E-state index in [0.717, 1.165) is 4.47 Å². The van der Waals surface area contributed by atoms with Gasteiger partial charge in [-0.2, -0.15) is 0 Å². The molecule has 0 aliphatic rings. The molecule has 110 valence electrons. The summed E-state index contributed by atoms with van der Waals surface area (Å²) in [5.74, 6) is -1.27. The van der Waals surface area contributed by atoms with E-state index in [0.29, 0.717) is 15.7 Å². The quantitative estimate of drug-likeness (QED) is 0.773. The number of carboxylic acid groups (broad SMARTS) is 1. The van der Waals surface area contributed by atoms with Crippen molar-refractivity contribution in [2.75, 3.05) is 0 Å². The van der Waals surface area contributed by atoms with Crippen molar-refractivity contribution in [3.8, 4) is 0 Å². The highest BCUT2D eigenvalue weighted by Crippen LogP contribution is 2.21. The van der Waals surface area contributed by atoms with Crippen LogP contribution in [-0.4, -0.2) is 32.0 Å². The minimum atomic E-state index is -1.01. The van der Waals surface area contributed by atoms with E-state index in [1.807, 2.05) is 6.07 Å². The summed E-state index contributed by atoms with van der Waals surface area (Å²) >= 11 is 6.61. The molecule has 0 aliphatic heterocycles. The molecule has 1 heterocycles. The molecule has 1 aromatic carbocycles. The van der Waals surface area contributed by atoms with E-state index in [1.54, 1.807) is 12.1 Å². The molecular weight excluding hydrogens is 408 g/mol. The van der Waals surface area contributed by atoms with E-state index in [-0.39, 0.29) is 19.0 Å². The molecule has 9 heteroatoms. The molecule has 0 atom stereocenters. The second-order valence-corrected chi connectivity index (χ2v) is 5.88. The number of rotatable bonds is 5. The number of nitrogens with one attached hydrogen (secondary N) is 1. The molecule has 0 bridgehead atoms. The lowest BCUT2D eigenvalue weighted by Gasteiger charge is -2.05. The third kappa shape index (κ3) is 4.36. The van der Waals surface area contributed by atoms with Crippen LogP contribution in [0.15, 0.2) is 33.3 Å². The minimum Gasteiger partial charge on any atom is -0.480 e. The van der Waals surface area contributed by atoms with Gasteiger partial charge in [0.2, 0.25) is 0 Å². The van der Waals surface area contributed by atoms with E-state index in [1.165, 1.54) is 10.9 Å². The van der Waals surface area contributed by atoms with Crippen LogP contribution in [0.25, 0.3) is 0 Å². The van der Waals surface area contributed by atoms with Crippen LogP contribution in [0.1, 0.15) is 16.1 Å². The number of carbonyl (C=O) groups is 2. The predicted molar refractivity (Wildman–Crippen MR) is 80.7 cm³/mol. The summed E-state index contributed by atoms with van der Waals surface area (Å²) in [4.78, 5) is 22.6. The van der Waals surface area contributed by atoms with Gasteiger partial charge in [-0.05, 0) is 34.1 Å². The topological polar surface area (TPSA) is 97.1 Å². The van der Waals surface area contributed by atoms with E-state index in [2.05, 4.69) is 47.5 Å². The van der Waals surface area contributed by atoms with Gasteiger partial charge < -0.3 is 10.4 Å². The standard InChI is InChI=1S/C12H10Br2N4O3/c13-7-1-2-10(14)9(3-7)12(21)15-4-8-5-18(17-16-8)6-11(19)20/h1-3,5H,4,6H2,(H,15,21)(H,19,20). The van der Waals surface area contributed by atoms with Gasteiger partial charge in [-0.1, -0.05) is 21.1 Å². The summed E-state index contributed by atoms with van der Waals surface area (Å²) in [6.07, 6.45) is 1.48. The van der Waals surface area contributed by atoms with Gasteiger partial charge in [0.1, 0.15) is 12.2 Å². The van der Waals surface area contributed by atoms with Crippen molar-refractivity contribution in [2.24, 2.45) is 0 Å². The lowest BCUT2D eigenvalue weighted by atomic mass is 10.2. The van der Waals surface area contributed by atoms with Gasteiger partial charge >= 0.3 is 5.97 Å². The van der Waals surface area contributed by atoms with Crippen LogP contribution in [0.4, 0.5) is 0 Å². The van der Waals surface area contributed by atoms with E-state index in [4.69, 9.17) is 5.11 Å². The molecule has 1 amide bonds. The first-order chi connectivity index (χ1) is 9.95. The second-order valence-electron chi connectivity index (χ2n) is 4.11. The summed E-state index contributed by atoms with van der Waals surface area (Å²) in [7, 11) is 0. The summed E-state index contributed by atoms with van der Waals surface area (Å²) in [5, 5.41) is 18.8. The SMILES string of the molecule is O=C(O)Cn1cc(CNC(=O)c2cc(Br)ccc2Br)nn1. The van der Waals surface area contributed by atoms with Crippen molar-refractivity contribution in [2.45, 2.75) is 13.1 Å². The largest absolute Gasteiger partial charge is 0.480 e. The molecule has 0 radical (unpaired) electrons. The molecule has 0 aliphatic carbocycles. The zero-order chi connectivity index (χ0) is 15.4. The Bertz CT molecular complexity index is 687. The zero-order valence-corrected chi connectivity index (χ0v) is 13.8. The van der Waals surface area contributed by atoms with Gasteiger partial charge in [0.05, 0.1) is 18.3 Å². The molecule has 0 saturated heterocycles. The number of nitrogens with zero attached hydrogens (tertiary/aromatic N) is 3. The molecule has 0 spiro atoms. The number of amides is 1. The molecule has 7 nitrogen and oxygen atoms in total. The van der Waals surface area contributed by atoms with Crippen molar-refractivity contribution in [3.05, 3.63) is 44.6 Å². The number of carboxylic acids is 1. The Morgan fingerprint density at radius 2 is 2.10 bits per heavy atom. The van der Waals surface area contributed by atoms with Gasteiger partial charge in [-0.3, -0.25) is 9.59 Å². The van der Waals surface area contributed by atoms with Gasteiger partial charge in [0.15, 0.2) is 0 Å². The van der Waals surface area contributed by atoms with Crippen molar-refractivity contribution in [3.63, 3.8) is 0 Å². The maximum Gasteiger partial charge on any atom is 0.325 e. The fourth-order valence-corrected chi connectivity index (χ4v) is 2.36. The highest BCUT2D eigenvalue weighted by atomic mass is 79.9. The van der Waals surface area contributed by atoms with Gasteiger partial charge in [0.25, 0.3) is 5.91 Å². The van der Waals surface area contributed by atoms with Crippen LogP contribution in [0.2, 0.25) is 0 Å². The van der Waals surface area contributed by atoms with Crippen molar-refractivity contribution in [1.29, 1.82) is 0 Å². The van der Waals surface area contributed by atoms with Crippen LogP contribution in [-0.2, 0) is 17.9 Å². The van der Waals surface area contributed by atoms with Gasteiger partial charge in [0, 0.05) is 8.95 Å². The average Bonchev–Trinajstić information content (AvgIpc) is 2.85. The molecular formula is C12H10Br2N4O3. The Balaban J connectivity index is 1.99.